The third-order valence-corrected chi connectivity index (χ3v) is 2.60. The van der Waals surface area contributed by atoms with Gasteiger partial charge < -0.3 is 9.47 Å². The summed E-state index contributed by atoms with van der Waals surface area (Å²) in [6.07, 6.45) is 5.22. The Morgan fingerprint density at radius 3 is 2.32 bits per heavy atom. The molecule has 0 spiro atoms. The van der Waals surface area contributed by atoms with Crippen LogP contribution in [0.3, 0.4) is 0 Å². The van der Waals surface area contributed by atoms with Gasteiger partial charge >= 0.3 is 11.9 Å². The van der Waals surface area contributed by atoms with Gasteiger partial charge in [0, 0.05) is 12.5 Å². The number of allylic oxidation sites excluding steroid dienone is 1. The van der Waals surface area contributed by atoms with E-state index in [0.29, 0.717) is 24.4 Å². The summed E-state index contributed by atoms with van der Waals surface area (Å²) in [4.78, 5) is 23.0. The Labute approximate surface area is 115 Å². The van der Waals surface area contributed by atoms with Crippen LogP contribution in [0.4, 0.5) is 0 Å². The summed E-state index contributed by atoms with van der Waals surface area (Å²) in [7, 11) is 0. The Morgan fingerprint density at radius 2 is 1.79 bits per heavy atom. The van der Waals surface area contributed by atoms with E-state index < -0.39 is 11.9 Å². The van der Waals surface area contributed by atoms with E-state index >= 15 is 0 Å². The molecule has 0 unspecified atom stereocenters. The van der Waals surface area contributed by atoms with Gasteiger partial charge in [-0.1, -0.05) is 33.3 Å². The van der Waals surface area contributed by atoms with Crippen LogP contribution in [-0.4, -0.2) is 18.5 Å². The SMILES string of the molecule is C=CC(=O)O/C(CCCC)=C(/C)C(=O)OCCCC. The van der Waals surface area contributed by atoms with Gasteiger partial charge in [-0.15, -0.1) is 0 Å². The Bertz CT molecular complexity index is 342. The first-order chi connectivity index (χ1) is 9.06. The molecule has 0 bridgehead atoms. The maximum atomic E-state index is 11.8. The minimum Gasteiger partial charge on any atom is -0.462 e. The van der Waals surface area contributed by atoms with Crippen molar-refractivity contribution >= 4 is 11.9 Å². The Kier molecular flexibility index (Phi) is 9.49. The van der Waals surface area contributed by atoms with Crippen molar-refractivity contribution in [3.63, 3.8) is 0 Å². The first kappa shape index (κ1) is 17.4. The van der Waals surface area contributed by atoms with Crippen LogP contribution >= 0.6 is 0 Å². The highest BCUT2D eigenvalue weighted by Crippen LogP contribution is 2.16. The van der Waals surface area contributed by atoms with Crippen LogP contribution in [0.2, 0.25) is 0 Å². The Morgan fingerprint density at radius 1 is 1.16 bits per heavy atom. The summed E-state index contributed by atoms with van der Waals surface area (Å²) in [5.41, 5.74) is 0.361. The number of esters is 2. The van der Waals surface area contributed by atoms with Gasteiger partial charge in [-0.2, -0.15) is 0 Å². The third kappa shape index (κ3) is 7.44. The molecule has 0 aliphatic rings. The third-order valence-electron chi connectivity index (χ3n) is 2.60. The molecule has 4 nitrogen and oxygen atoms in total. The van der Waals surface area contributed by atoms with Crippen molar-refractivity contribution in [3.8, 4) is 0 Å². The second kappa shape index (κ2) is 10.4. The molecule has 0 aliphatic carbocycles. The Balaban J connectivity index is 4.73. The number of ether oxygens (including phenoxy) is 2. The van der Waals surface area contributed by atoms with Crippen LogP contribution in [0.25, 0.3) is 0 Å². The van der Waals surface area contributed by atoms with Gasteiger partial charge in [0.1, 0.15) is 5.76 Å². The predicted octanol–water partition coefficient (Wildman–Crippen LogP) is 3.52. The van der Waals surface area contributed by atoms with E-state index in [4.69, 9.17) is 9.47 Å². The van der Waals surface area contributed by atoms with Crippen molar-refractivity contribution in [2.75, 3.05) is 6.61 Å². The zero-order valence-electron chi connectivity index (χ0n) is 12.2. The average Bonchev–Trinajstić information content (AvgIpc) is 2.42. The van der Waals surface area contributed by atoms with E-state index in [2.05, 4.69) is 6.58 Å². The number of carbonyl (C=O) groups is 2. The topological polar surface area (TPSA) is 52.6 Å². The van der Waals surface area contributed by atoms with E-state index in [-0.39, 0.29) is 0 Å². The van der Waals surface area contributed by atoms with E-state index in [1.54, 1.807) is 6.92 Å². The maximum Gasteiger partial charge on any atom is 0.337 e. The van der Waals surface area contributed by atoms with Gasteiger partial charge in [-0.25, -0.2) is 9.59 Å². The number of hydrogen-bond acceptors (Lipinski definition) is 4. The molecule has 19 heavy (non-hydrogen) atoms. The largest absolute Gasteiger partial charge is 0.462 e. The van der Waals surface area contributed by atoms with Crippen LogP contribution in [0, 0.1) is 0 Å². The molecule has 0 aromatic rings. The molecular formula is C15H24O4. The van der Waals surface area contributed by atoms with Gasteiger partial charge in [0.2, 0.25) is 0 Å². The van der Waals surface area contributed by atoms with Gasteiger partial charge in [-0.3, -0.25) is 0 Å². The first-order valence-corrected chi connectivity index (χ1v) is 6.77. The minimum atomic E-state index is -0.549. The second-order valence-electron chi connectivity index (χ2n) is 4.27. The lowest BCUT2D eigenvalue weighted by molar-refractivity contribution is -0.139. The van der Waals surface area contributed by atoms with Crippen molar-refractivity contribution in [1.29, 1.82) is 0 Å². The highest BCUT2D eigenvalue weighted by atomic mass is 16.5. The highest BCUT2D eigenvalue weighted by Gasteiger charge is 2.15. The van der Waals surface area contributed by atoms with Crippen molar-refractivity contribution < 1.29 is 19.1 Å². The molecule has 0 saturated heterocycles. The second-order valence-corrected chi connectivity index (χ2v) is 4.27. The van der Waals surface area contributed by atoms with Gasteiger partial charge in [0.25, 0.3) is 0 Å². The molecule has 0 aromatic heterocycles. The van der Waals surface area contributed by atoms with Crippen molar-refractivity contribution in [2.24, 2.45) is 0 Å². The summed E-state index contributed by atoms with van der Waals surface area (Å²) in [5, 5.41) is 0. The molecule has 0 aliphatic heterocycles. The van der Waals surface area contributed by atoms with Gasteiger partial charge in [-0.05, 0) is 19.8 Å². The zero-order chi connectivity index (χ0) is 14.7. The molecule has 0 N–H and O–H groups in total. The summed E-state index contributed by atoms with van der Waals surface area (Å²) in [6.45, 7) is 9.41. The normalized spacial score (nSPS) is 11.5. The molecule has 0 fully saturated rings. The summed E-state index contributed by atoms with van der Waals surface area (Å²) in [6, 6.07) is 0. The molecule has 0 rings (SSSR count). The minimum absolute atomic E-state index is 0.361. The molecule has 0 amide bonds. The molecule has 0 atom stereocenters. The van der Waals surface area contributed by atoms with Gasteiger partial charge in [0.05, 0.1) is 12.2 Å². The fraction of sp³-hybridized carbons (Fsp3) is 0.600. The molecule has 0 radical (unpaired) electrons. The number of carbonyl (C=O) groups excluding carboxylic acids is 2. The lowest BCUT2D eigenvalue weighted by Gasteiger charge is -2.11. The van der Waals surface area contributed by atoms with Crippen LogP contribution in [0.5, 0.6) is 0 Å². The van der Waals surface area contributed by atoms with Crippen molar-refractivity contribution in [1.82, 2.24) is 0 Å². The fourth-order valence-electron chi connectivity index (χ4n) is 1.35. The zero-order valence-corrected chi connectivity index (χ0v) is 12.2. The van der Waals surface area contributed by atoms with Crippen LogP contribution < -0.4 is 0 Å². The fourth-order valence-corrected chi connectivity index (χ4v) is 1.35. The molecule has 4 heteroatoms. The lowest BCUT2D eigenvalue weighted by Crippen LogP contribution is -2.12. The summed E-state index contributed by atoms with van der Waals surface area (Å²) >= 11 is 0. The molecule has 0 heterocycles. The quantitative estimate of drug-likeness (QED) is 0.278. The van der Waals surface area contributed by atoms with E-state index in [1.165, 1.54) is 0 Å². The van der Waals surface area contributed by atoms with E-state index in [1.807, 2.05) is 13.8 Å². The smallest absolute Gasteiger partial charge is 0.337 e. The van der Waals surface area contributed by atoms with Crippen LogP contribution in [-0.2, 0) is 19.1 Å². The predicted molar refractivity (Wildman–Crippen MR) is 74.4 cm³/mol. The van der Waals surface area contributed by atoms with E-state index in [9.17, 15) is 9.59 Å². The Hall–Kier alpha value is -1.58. The maximum absolute atomic E-state index is 11.8. The standard InChI is InChI=1S/C15H24O4/c1-5-8-10-13(19-14(16)7-3)12(4)15(17)18-11-9-6-2/h7H,3,5-6,8-11H2,1-2,4H3/b13-12-. The number of hydrogen-bond donors (Lipinski definition) is 0. The van der Waals surface area contributed by atoms with Crippen LogP contribution in [0.15, 0.2) is 24.0 Å². The summed E-state index contributed by atoms with van der Waals surface area (Å²) in [5.74, 6) is -0.587. The van der Waals surface area contributed by atoms with Crippen molar-refractivity contribution in [2.45, 2.75) is 52.9 Å². The monoisotopic (exact) mass is 268 g/mol. The first-order valence-electron chi connectivity index (χ1n) is 6.77. The van der Waals surface area contributed by atoms with Crippen molar-refractivity contribution in [3.05, 3.63) is 24.0 Å². The average molecular weight is 268 g/mol. The number of rotatable bonds is 9. The lowest BCUT2D eigenvalue weighted by atomic mass is 10.1. The molecule has 0 saturated carbocycles. The van der Waals surface area contributed by atoms with E-state index in [0.717, 1.165) is 31.8 Å². The highest BCUT2D eigenvalue weighted by molar-refractivity contribution is 5.89. The summed E-state index contributed by atoms with van der Waals surface area (Å²) < 4.78 is 10.2. The number of unbranched alkanes of at least 4 members (excludes halogenated alkanes) is 2. The molecule has 0 aromatic carbocycles. The molecule has 108 valence electrons. The van der Waals surface area contributed by atoms with Gasteiger partial charge in [0.15, 0.2) is 0 Å². The molecular weight excluding hydrogens is 244 g/mol. The van der Waals surface area contributed by atoms with Crippen LogP contribution in [0.1, 0.15) is 52.9 Å².